The number of aryl methyl sites for hydroxylation is 1. The van der Waals surface area contributed by atoms with Crippen molar-refractivity contribution < 1.29 is 61.1 Å². The Morgan fingerprint density at radius 1 is 0.577 bits per heavy atom. The third kappa shape index (κ3) is 15.9. The maximum absolute atomic E-state index is 14.1. The quantitative estimate of drug-likeness (QED) is 0.0291. The molecular weight excluding hydrogens is 989 g/mol. The second kappa shape index (κ2) is 28.7. The van der Waals surface area contributed by atoms with E-state index in [0.29, 0.717) is 88.7 Å². The lowest BCUT2D eigenvalue weighted by Gasteiger charge is -2.21. The fraction of sp³-hybridized carbons (Fsp3) is 0.266. The summed E-state index contributed by atoms with van der Waals surface area (Å²) in [6, 6.07) is 39.4. The number of methoxy groups -OCH3 is 4. The first-order valence-corrected chi connectivity index (χ1v) is 25.9. The monoisotopic (exact) mass is 1060 g/mol. The Labute approximate surface area is 457 Å². The second-order valence-electron chi connectivity index (χ2n) is 18.2. The largest absolute Gasteiger partial charge is 0.491 e. The van der Waals surface area contributed by atoms with Crippen molar-refractivity contribution >= 4 is 23.5 Å². The Bertz CT molecular complexity index is 3030. The Morgan fingerprint density at radius 3 is 1.63 bits per heavy atom. The normalized spacial score (nSPS) is 14.3. The maximum Gasteiger partial charge on any atom is 0.414 e. The molecule has 0 spiro atoms. The molecular formula is C64H68N2O12+2. The van der Waals surface area contributed by atoms with Crippen molar-refractivity contribution in [2.45, 2.75) is 19.4 Å². The first-order chi connectivity index (χ1) is 38.2. The van der Waals surface area contributed by atoms with Crippen molar-refractivity contribution in [3.63, 3.8) is 0 Å². The van der Waals surface area contributed by atoms with Crippen LogP contribution in [0.2, 0.25) is 0 Å². The van der Waals surface area contributed by atoms with Crippen molar-refractivity contribution in [2.24, 2.45) is 7.05 Å². The van der Waals surface area contributed by atoms with Crippen molar-refractivity contribution in [3.8, 4) is 45.4 Å². The van der Waals surface area contributed by atoms with Crippen molar-refractivity contribution in [1.29, 1.82) is 0 Å². The number of hydrogen-bond donors (Lipinski definition) is 0. The molecule has 4 aromatic carbocycles. The number of nitrogens with zero attached hydrogens (tertiary/aromatic N) is 2. The topological polar surface area (TPSA) is 128 Å². The summed E-state index contributed by atoms with van der Waals surface area (Å²) in [6.07, 6.45) is 16.6. The maximum atomic E-state index is 14.1. The van der Waals surface area contributed by atoms with Crippen LogP contribution in [-0.2, 0) is 42.1 Å². The van der Waals surface area contributed by atoms with E-state index >= 15 is 0 Å². The van der Waals surface area contributed by atoms with Gasteiger partial charge >= 0.3 is 17.6 Å². The van der Waals surface area contributed by atoms with Gasteiger partial charge in [0.2, 0.25) is 0 Å². The standard InChI is InChI=1S/C64H68N2O12/c1-65-31-29-46(30-32-65)45-76-64(67)66(2)63-51(17-27-59-41-53(47-9-19-55(20-10-47)72-37-33-68-3)43-61(77-59)49-13-23-57(24-14-49)74-39-35-70-5)7-8-52(63)18-28-60-42-54(48-11-21-56(22-12-48)73-38-34-69-4)44-62(78-60)50-15-25-58(26-16-50)75-40-36-71-6/h9-32,41-44H,7-8,33-40,45H2,1-6H3/q+2. The molecule has 8 rings (SSSR count). The number of rotatable bonds is 26. The third-order valence-corrected chi connectivity index (χ3v) is 12.7. The molecule has 0 saturated carbocycles. The van der Waals surface area contributed by atoms with Gasteiger partial charge in [-0.05, 0) is 138 Å². The van der Waals surface area contributed by atoms with Gasteiger partial charge < -0.3 is 47.4 Å². The van der Waals surface area contributed by atoms with Crippen LogP contribution >= 0.6 is 0 Å². The number of likely N-dealkylation sites (N-methyl/N-ethyl adjacent to an activating group) is 1. The average Bonchev–Trinajstić information content (AvgIpc) is 3.90. The predicted octanol–water partition coefficient (Wildman–Crippen LogP) is 12.1. The first-order valence-electron chi connectivity index (χ1n) is 25.9. The third-order valence-electron chi connectivity index (χ3n) is 12.7. The predicted molar refractivity (Wildman–Crippen MR) is 300 cm³/mol. The summed E-state index contributed by atoms with van der Waals surface area (Å²) in [5.41, 5.74) is 9.00. The SMILES string of the molecule is COCCOc1ccc(C2=C/C(=C\C=C3/CCC(/C=C/c4cc(-c5ccc(OCCOC)cc5)cc(-c5ccc(OCCOC)cc5)[o+]4)=C3N(C)C(=O)OCc3cc[n+](C)cc3)OC(c3ccc(OCCOC)cc3)=C2)cc1. The molecule has 0 N–H and O–H groups in total. The molecule has 1 aliphatic carbocycles. The first kappa shape index (κ1) is 55.9. The molecule has 1 aliphatic heterocycles. The summed E-state index contributed by atoms with van der Waals surface area (Å²) in [4.78, 5) is 15.7. The molecule has 3 heterocycles. The van der Waals surface area contributed by atoms with E-state index in [-0.39, 0.29) is 6.61 Å². The van der Waals surface area contributed by atoms with Crippen LogP contribution in [0, 0.1) is 0 Å². The summed E-state index contributed by atoms with van der Waals surface area (Å²) < 4.78 is 65.4. The van der Waals surface area contributed by atoms with Gasteiger partial charge in [0.05, 0.1) is 49.8 Å². The summed E-state index contributed by atoms with van der Waals surface area (Å²) in [7, 11) is 10.3. The molecule has 14 nitrogen and oxygen atoms in total. The Balaban J connectivity index is 1.15. The van der Waals surface area contributed by atoms with Crippen molar-refractivity contribution in [1.82, 2.24) is 4.90 Å². The molecule has 404 valence electrons. The average molecular weight is 1060 g/mol. The number of hydrogen-bond acceptors (Lipinski definition) is 11. The summed E-state index contributed by atoms with van der Waals surface area (Å²) >= 11 is 0. The van der Waals surface area contributed by atoms with E-state index < -0.39 is 6.09 Å². The van der Waals surface area contributed by atoms with Gasteiger partial charge in [0, 0.05) is 70.4 Å². The smallest absolute Gasteiger partial charge is 0.414 e. The summed E-state index contributed by atoms with van der Waals surface area (Å²) in [6.45, 7) is 3.84. The van der Waals surface area contributed by atoms with E-state index in [2.05, 4.69) is 0 Å². The highest BCUT2D eigenvalue weighted by atomic mass is 16.6. The number of allylic oxidation sites excluding steroid dienone is 8. The van der Waals surface area contributed by atoms with Gasteiger partial charge in [-0.2, -0.15) is 0 Å². The molecule has 1 amide bonds. The van der Waals surface area contributed by atoms with Gasteiger partial charge in [-0.15, -0.1) is 0 Å². The number of aromatic nitrogens is 1. The van der Waals surface area contributed by atoms with Crippen LogP contribution < -0.4 is 23.5 Å². The van der Waals surface area contributed by atoms with E-state index in [1.807, 2.05) is 182 Å². The molecule has 0 unspecified atom stereocenters. The van der Waals surface area contributed by atoms with Gasteiger partial charge in [-0.25, -0.2) is 13.8 Å². The van der Waals surface area contributed by atoms with Crippen LogP contribution in [0.4, 0.5) is 4.79 Å². The Hall–Kier alpha value is -8.27. The highest BCUT2D eigenvalue weighted by Gasteiger charge is 2.27. The highest BCUT2D eigenvalue weighted by Crippen LogP contribution is 2.38. The molecule has 0 radical (unpaired) electrons. The highest BCUT2D eigenvalue weighted by molar-refractivity contribution is 5.86. The Morgan fingerprint density at radius 2 is 1.09 bits per heavy atom. The zero-order valence-electron chi connectivity index (χ0n) is 45.2. The van der Waals surface area contributed by atoms with Crippen LogP contribution in [-0.4, -0.2) is 99.3 Å². The van der Waals surface area contributed by atoms with Crippen LogP contribution in [0.1, 0.15) is 35.3 Å². The number of carbonyl (C=O) groups is 1. The van der Waals surface area contributed by atoms with E-state index in [1.54, 1.807) is 40.4 Å². The Kier molecular flexibility index (Phi) is 20.6. The zero-order valence-corrected chi connectivity index (χ0v) is 45.2. The number of amides is 1. The van der Waals surface area contributed by atoms with Crippen LogP contribution in [0.25, 0.3) is 39.9 Å². The number of ether oxygens (including phenoxy) is 10. The summed E-state index contributed by atoms with van der Waals surface area (Å²) in [5, 5.41) is 0. The molecule has 2 aliphatic rings. The molecule has 0 saturated heterocycles. The minimum atomic E-state index is -0.492. The lowest BCUT2D eigenvalue weighted by atomic mass is 10.00. The second-order valence-corrected chi connectivity index (χ2v) is 18.2. The van der Waals surface area contributed by atoms with Gasteiger partial charge in [-0.3, -0.25) is 4.90 Å². The van der Waals surface area contributed by atoms with Gasteiger partial charge in [0.25, 0.3) is 0 Å². The molecule has 14 heteroatoms. The molecule has 0 atom stereocenters. The molecule has 6 aromatic rings. The minimum Gasteiger partial charge on any atom is -0.491 e. The fourth-order valence-corrected chi connectivity index (χ4v) is 8.51. The van der Waals surface area contributed by atoms with Crippen molar-refractivity contribution in [2.75, 3.05) is 88.3 Å². The number of carbonyl (C=O) groups excluding carboxylic acids is 1. The number of pyridine rings is 1. The molecule has 2 aromatic heterocycles. The molecule has 78 heavy (non-hydrogen) atoms. The van der Waals surface area contributed by atoms with Crippen LogP contribution in [0.15, 0.2) is 191 Å². The van der Waals surface area contributed by atoms with Gasteiger partial charge in [0.1, 0.15) is 74.6 Å². The molecule has 0 fully saturated rings. The van der Waals surface area contributed by atoms with E-state index in [9.17, 15) is 4.79 Å². The number of benzene rings is 4. The van der Waals surface area contributed by atoms with E-state index in [4.69, 9.17) is 51.8 Å². The van der Waals surface area contributed by atoms with E-state index in [0.717, 1.165) is 78.8 Å². The lowest BCUT2D eigenvalue weighted by molar-refractivity contribution is -0.671. The van der Waals surface area contributed by atoms with E-state index in [1.165, 1.54) is 0 Å². The van der Waals surface area contributed by atoms with Crippen LogP contribution in [0.5, 0.6) is 23.0 Å². The van der Waals surface area contributed by atoms with Gasteiger partial charge in [0.15, 0.2) is 12.4 Å². The van der Waals surface area contributed by atoms with Crippen molar-refractivity contribution in [3.05, 3.63) is 209 Å². The fourth-order valence-electron chi connectivity index (χ4n) is 8.51. The lowest BCUT2D eigenvalue weighted by Crippen LogP contribution is -2.28. The summed E-state index contributed by atoms with van der Waals surface area (Å²) in [5.74, 6) is 5.47. The molecule has 0 bridgehead atoms. The van der Waals surface area contributed by atoms with Gasteiger partial charge in [-0.1, -0.05) is 30.3 Å². The zero-order chi connectivity index (χ0) is 54.5. The van der Waals surface area contributed by atoms with Crippen LogP contribution in [0.3, 0.4) is 0 Å². The minimum absolute atomic E-state index is 0.109.